The van der Waals surface area contributed by atoms with Gasteiger partial charge in [-0.15, -0.1) is 0 Å². The Morgan fingerprint density at radius 3 is 2.37 bits per heavy atom. The van der Waals surface area contributed by atoms with Crippen molar-refractivity contribution in [2.24, 2.45) is 0 Å². The molecule has 1 aromatic heterocycles. The fourth-order valence-electron chi connectivity index (χ4n) is 4.40. The van der Waals surface area contributed by atoms with E-state index in [9.17, 15) is 4.79 Å². The average Bonchev–Trinajstić information content (AvgIpc) is 2.75. The van der Waals surface area contributed by atoms with Crippen LogP contribution < -0.4 is 10.2 Å². The van der Waals surface area contributed by atoms with E-state index in [1.54, 1.807) is 0 Å². The molecule has 0 atom stereocenters. The van der Waals surface area contributed by atoms with Crippen molar-refractivity contribution in [3.05, 3.63) is 46.6 Å². The topological polar surface area (TPSA) is 61.4 Å². The molecule has 160 valence electrons. The van der Waals surface area contributed by atoms with E-state index < -0.39 is 0 Å². The Hall–Kier alpha value is -2.63. The van der Waals surface area contributed by atoms with Gasteiger partial charge >= 0.3 is 0 Å². The van der Waals surface area contributed by atoms with E-state index in [0.717, 1.165) is 41.7 Å². The first kappa shape index (κ1) is 20.6. The van der Waals surface area contributed by atoms with Crippen LogP contribution in [0.5, 0.6) is 0 Å². The Labute approximate surface area is 179 Å². The molecule has 0 unspecified atom stereocenters. The first-order valence-electron chi connectivity index (χ1n) is 11.2. The first-order valence-corrected chi connectivity index (χ1v) is 11.2. The highest BCUT2D eigenvalue weighted by molar-refractivity contribution is 5.94. The number of anilines is 2. The molecule has 6 nitrogen and oxygen atoms in total. The lowest BCUT2D eigenvalue weighted by Crippen LogP contribution is -2.49. The maximum absolute atomic E-state index is 12.9. The summed E-state index contributed by atoms with van der Waals surface area (Å²) in [5.41, 5.74) is 4.14. The fraction of sp³-hybridized carbons (Fsp3) is 0.542. The maximum atomic E-state index is 12.9. The number of aromatic nitrogens is 2. The number of aryl methyl sites for hydroxylation is 3. The van der Waals surface area contributed by atoms with Gasteiger partial charge in [0, 0.05) is 49.5 Å². The quantitative estimate of drug-likeness (QED) is 0.826. The summed E-state index contributed by atoms with van der Waals surface area (Å²) >= 11 is 0. The van der Waals surface area contributed by atoms with Crippen molar-refractivity contribution in [1.82, 2.24) is 14.9 Å². The number of rotatable bonds is 4. The molecular weight excluding hydrogens is 374 g/mol. The first-order chi connectivity index (χ1) is 14.5. The van der Waals surface area contributed by atoms with Gasteiger partial charge in [-0.05, 0) is 56.9 Å². The van der Waals surface area contributed by atoms with Crippen LogP contribution in [0.3, 0.4) is 0 Å². The van der Waals surface area contributed by atoms with E-state index >= 15 is 0 Å². The molecule has 1 aliphatic carbocycles. The number of carbonyl (C=O) groups is 1. The van der Waals surface area contributed by atoms with Gasteiger partial charge < -0.3 is 15.1 Å². The third-order valence-electron chi connectivity index (χ3n) is 6.42. The number of nitrogens with one attached hydrogen (secondary N) is 1. The van der Waals surface area contributed by atoms with Crippen molar-refractivity contribution >= 4 is 17.7 Å². The summed E-state index contributed by atoms with van der Waals surface area (Å²) in [6.45, 7) is 9.15. The Kier molecular flexibility index (Phi) is 6.21. The highest BCUT2D eigenvalue weighted by Gasteiger charge is 2.24. The molecule has 2 heterocycles. The molecular formula is C24H33N5O. The van der Waals surface area contributed by atoms with Gasteiger partial charge in [0.1, 0.15) is 5.82 Å². The summed E-state index contributed by atoms with van der Waals surface area (Å²) in [5.74, 6) is 1.82. The van der Waals surface area contributed by atoms with E-state index in [1.807, 2.05) is 36.1 Å². The summed E-state index contributed by atoms with van der Waals surface area (Å²) in [5, 5.41) is 3.55. The highest BCUT2D eigenvalue weighted by atomic mass is 16.2. The van der Waals surface area contributed by atoms with Gasteiger partial charge in [0.25, 0.3) is 5.91 Å². The molecule has 1 amide bonds. The van der Waals surface area contributed by atoms with Crippen LogP contribution in [0.2, 0.25) is 0 Å². The molecule has 1 aromatic carbocycles. The monoisotopic (exact) mass is 407 g/mol. The SMILES string of the molecule is Cc1cc(N2CCN(C(=O)c3ccc(C)c(C)c3)CC2)nc(NC2CCCCC2)n1. The molecule has 2 aromatic rings. The Bertz CT molecular complexity index is 898. The minimum atomic E-state index is 0.122. The molecule has 30 heavy (non-hydrogen) atoms. The van der Waals surface area contributed by atoms with Crippen LogP contribution in [0, 0.1) is 20.8 Å². The minimum Gasteiger partial charge on any atom is -0.353 e. The lowest BCUT2D eigenvalue weighted by Gasteiger charge is -2.35. The zero-order chi connectivity index (χ0) is 21.1. The molecule has 1 saturated carbocycles. The third kappa shape index (κ3) is 4.74. The van der Waals surface area contributed by atoms with Gasteiger partial charge in [-0.3, -0.25) is 4.79 Å². The summed E-state index contributed by atoms with van der Waals surface area (Å²) in [6.07, 6.45) is 6.31. The van der Waals surface area contributed by atoms with Gasteiger partial charge in [0.05, 0.1) is 0 Å². The van der Waals surface area contributed by atoms with Crippen molar-refractivity contribution in [2.45, 2.75) is 58.9 Å². The van der Waals surface area contributed by atoms with E-state index in [1.165, 1.54) is 37.7 Å². The second-order valence-electron chi connectivity index (χ2n) is 8.75. The lowest BCUT2D eigenvalue weighted by atomic mass is 9.96. The van der Waals surface area contributed by atoms with Gasteiger partial charge in [0.15, 0.2) is 0 Å². The molecule has 0 spiro atoms. The van der Waals surface area contributed by atoms with E-state index in [2.05, 4.69) is 29.0 Å². The van der Waals surface area contributed by atoms with Crippen molar-refractivity contribution in [3.63, 3.8) is 0 Å². The zero-order valence-electron chi connectivity index (χ0n) is 18.4. The van der Waals surface area contributed by atoms with Gasteiger partial charge in [-0.2, -0.15) is 4.98 Å². The van der Waals surface area contributed by atoms with Crippen LogP contribution in [0.25, 0.3) is 0 Å². The van der Waals surface area contributed by atoms with E-state index in [4.69, 9.17) is 4.98 Å². The van der Waals surface area contributed by atoms with E-state index in [0.29, 0.717) is 19.1 Å². The van der Waals surface area contributed by atoms with Gasteiger partial charge in [-0.1, -0.05) is 25.3 Å². The van der Waals surface area contributed by atoms with Crippen molar-refractivity contribution in [2.75, 3.05) is 36.4 Å². The predicted octanol–water partition coefficient (Wildman–Crippen LogP) is 4.11. The van der Waals surface area contributed by atoms with Crippen LogP contribution in [0.15, 0.2) is 24.3 Å². The second kappa shape index (κ2) is 9.02. The third-order valence-corrected chi connectivity index (χ3v) is 6.42. The maximum Gasteiger partial charge on any atom is 0.253 e. The van der Waals surface area contributed by atoms with E-state index in [-0.39, 0.29) is 5.91 Å². The lowest BCUT2D eigenvalue weighted by molar-refractivity contribution is 0.0746. The fourth-order valence-corrected chi connectivity index (χ4v) is 4.40. The standard InChI is InChI=1S/C24H33N5O/c1-17-9-10-20(15-18(17)2)23(30)29-13-11-28(12-14-29)22-16-19(3)25-24(27-22)26-21-7-5-4-6-8-21/h9-10,15-16,21H,4-8,11-14H2,1-3H3,(H,25,26,27). The van der Waals surface area contributed by atoms with Crippen LogP contribution >= 0.6 is 0 Å². The minimum absolute atomic E-state index is 0.122. The largest absolute Gasteiger partial charge is 0.353 e. The molecule has 0 radical (unpaired) electrons. The van der Waals surface area contributed by atoms with Crippen LogP contribution in [0.4, 0.5) is 11.8 Å². The van der Waals surface area contributed by atoms with Crippen molar-refractivity contribution in [1.29, 1.82) is 0 Å². The number of piperazine rings is 1. The molecule has 1 aliphatic heterocycles. The summed E-state index contributed by atoms with van der Waals surface area (Å²) in [7, 11) is 0. The molecule has 0 bridgehead atoms. The smallest absolute Gasteiger partial charge is 0.253 e. The van der Waals surface area contributed by atoms with Gasteiger partial charge in [-0.25, -0.2) is 4.98 Å². The number of nitrogens with zero attached hydrogens (tertiary/aromatic N) is 4. The predicted molar refractivity (Wildman–Crippen MR) is 121 cm³/mol. The average molecular weight is 408 g/mol. The number of carbonyl (C=O) groups excluding carboxylic acids is 1. The number of amides is 1. The van der Waals surface area contributed by atoms with Crippen LogP contribution in [0.1, 0.15) is 59.3 Å². The van der Waals surface area contributed by atoms with Crippen LogP contribution in [-0.2, 0) is 0 Å². The number of hydrogen-bond acceptors (Lipinski definition) is 5. The number of hydrogen-bond donors (Lipinski definition) is 1. The normalized spacial score (nSPS) is 17.8. The van der Waals surface area contributed by atoms with Crippen molar-refractivity contribution < 1.29 is 4.79 Å². The molecule has 2 fully saturated rings. The number of benzene rings is 1. The molecule has 4 rings (SSSR count). The van der Waals surface area contributed by atoms with Gasteiger partial charge in [0.2, 0.25) is 5.95 Å². The Morgan fingerprint density at radius 1 is 0.933 bits per heavy atom. The molecule has 2 aliphatic rings. The second-order valence-corrected chi connectivity index (χ2v) is 8.75. The summed E-state index contributed by atoms with van der Waals surface area (Å²) in [6, 6.07) is 8.51. The molecule has 1 saturated heterocycles. The summed E-state index contributed by atoms with van der Waals surface area (Å²) in [4.78, 5) is 26.5. The van der Waals surface area contributed by atoms with Crippen LogP contribution in [-0.4, -0.2) is 53.0 Å². The Balaban J connectivity index is 1.39. The highest BCUT2D eigenvalue weighted by Crippen LogP contribution is 2.23. The Morgan fingerprint density at radius 2 is 1.67 bits per heavy atom. The zero-order valence-corrected chi connectivity index (χ0v) is 18.4. The molecule has 1 N–H and O–H groups in total. The summed E-state index contributed by atoms with van der Waals surface area (Å²) < 4.78 is 0. The molecule has 6 heteroatoms. The van der Waals surface area contributed by atoms with Crippen molar-refractivity contribution in [3.8, 4) is 0 Å².